The number of rotatable bonds is 9. The van der Waals surface area contributed by atoms with Crippen LogP contribution in [0.15, 0.2) is 10.3 Å². The van der Waals surface area contributed by atoms with E-state index in [1.807, 2.05) is 6.92 Å². The van der Waals surface area contributed by atoms with Crippen LogP contribution in [0.1, 0.15) is 20.3 Å². The first kappa shape index (κ1) is 17.8. The first-order valence-corrected chi connectivity index (χ1v) is 8.77. The van der Waals surface area contributed by atoms with Gasteiger partial charge in [0.2, 0.25) is 0 Å². The molecule has 0 radical (unpaired) electrons. The molecule has 0 aliphatic rings. The summed E-state index contributed by atoms with van der Waals surface area (Å²) in [4.78, 5) is 10.4. The molecule has 21 heavy (non-hydrogen) atoms. The van der Waals surface area contributed by atoms with Gasteiger partial charge in [0, 0.05) is 25.7 Å². The van der Waals surface area contributed by atoms with Crippen LogP contribution in [0.25, 0.3) is 0 Å². The standard InChI is InChI=1S/C11H19N3O5S2/c1-3-5-13(6-7-15)21(18,19)10-8-9(14(16)17)11(20-10)12-4-2/h8,12,15H,3-7H2,1-2H3. The van der Waals surface area contributed by atoms with E-state index >= 15 is 0 Å². The van der Waals surface area contributed by atoms with E-state index in [9.17, 15) is 18.5 Å². The third kappa shape index (κ3) is 4.13. The topological polar surface area (TPSA) is 113 Å². The Balaban J connectivity index is 3.23. The van der Waals surface area contributed by atoms with Gasteiger partial charge in [0.1, 0.15) is 4.21 Å². The van der Waals surface area contributed by atoms with Gasteiger partial charge in [-0.15, -0.1) is 0 Å². The smallest absolute Gasteiger partial charge is 0.304 e. The minimum atomic E-state index is -3.83. The summed E-state index contributed by atoms with van der Waals surface area (Å²) in [6.07, 6.45) is 0.590. The van der Waals surface area contributed by atoms with E-state index in [-0.39, 0.29) is 34.6 Å². The van der Waals surface area contributed by atoms with Gasteiger partial charge in [-0.1, -0.05) is 18.3 Å². The van der Waals surface area contributed by atoms with Crippen molar-refractivity contribution < 1.29 is 18.4 Å². The van der Waals surface area contributed by atoms with E-state index in [2.05, 4.69) is 5.32 Å². The van der Waals surface area contributed by atoms with Crippen LogP contribution in [-0.4, -0.2) is 49.0 Å². The Morgan fingerprint density at radius 2 is 2.10 bits per heavy atom. The van der Waals surface area contributed by atoms with Gasteiger partial charge >= 0.3 is 5.69 Å². The van der Waals surface area contributed by atoms with Crippen molar-refractivity contribution >= 4 is 32.0 Å². The SMILES string of the molecule is CCCN(CCO)S(=O)(=O)c1cc([N+](=O)[O-])c(NCC)s1. The maximum absolute atomic E-state index is 12.5. The van der Waals surface area contributed by atoms with E-state index in [0.29, 0.717) is 13.0 Å². The van der Waals surface area contributed by atoms with Crippen molar-refractivity contribution in [3.05, 3.63) is 16.2 Å². The number of nitrogens with zero attached hydrogens (tertiary/aromatic N) is 2. The Bertz CT molecular complexity index is 579. The average molecular weight is 337 g/mol. The summed E-state index contributed by atoms with van der Waals surface area (Å²) in [6, 6.07) is 1.07. The fourth-order valence-corrected chi connectivity index (χ4v) is 4.82. The average Bonchev–Trinajstić information content (AvgIpc) is 2.84. The van der Waals surface area contributed by atoms with Crippen molar-refractivity contribution in [3.63, 3.8) is 0 Å². The van der Waals surface area contributed by atoms with Crippen molar-refractivity contribution in [1.82, 2.24) is 4.31 Å². The minimum absolute atomic E-state index is 0.0294. The number of sulfonamides is 1. The molecule has 120 valence electrons. The maximum atomic E-state index is 12.5. The van der Waals surface area contributed by atoms with E-state index in [1.165, 1.54) is 0 Å². The van der Waals surface area contributed by atoms with Crippen LogP contribution < -0.4 is 5.32 Å². The van der Waals surface area contributed by atoms with Gasteiger partial charge in [-0.05, 0) is 13.3 Å². The molecular weight excluding hydrogens is 318 g/mol. The number of aliphatic hydroxyl groups is 1. The molecule has 8 nitrogen and oxygen atoms in total. The molecule has 0 spiro atoms. The number of anilines is 1. The second-order valence-electron chi connectivity index (χ2n) is 4.19. The van der Waals surface area contributed by atoms with Crippen LogP contribution in [0.5, 0.6) is 0 Å². The Morgan fingerprint density at radius 3 is 2.57 bits per heavy atom. The van der Waals surface area contributed by atoms with E-state index < -0.39 is 14.9 Å². The monoisotopic (exact) mass is 337 g/mol. The Labute approximate surface area is 127 Å². The number of hydrogen-bond donors (Lipinski definition) is 2. The molecule has 1 aromatic rings. The Morgan fingerprint density at radius 1 is 1.43 bits per heavy atom. The summed E-state index contributed by atoms with van der Waals surface area (Å²) >= 11 is 0.835. The maximum Gasteiger partial charge on any atom is 0.304 e. The molecule has 2 N–H and O–H groups in total. The van der Waals surface area contributed by atoms with Gasteiger partial charge in [0.05, 0.1) is 11.5 Å². The number of thiophene rings is 1. The van der Waals surface area contributed by atoms with Crippen LogP contribution in [-0.2, 0) is 10.0 Å². The van der Waals surface area contributed by atoms with E-state index in [1.54, 1.807) is 6.92 Å². The number of hydrogen-bond acceptors (Lipinski definition) is 7. The quantitative estimate of drug-likeness (QED) is 0.521. The third-order valence-corrected chi connectivity index (χ3v) is 6.07. The van der Waals surface area contributed by atoms with Crippen molar-refractivity contribution in [2.45, 2.75) is 24.5 Å². The highest BCUT2D eigenvalue weighted by molar-refractivity contribution is 7.91. The van der Waals surface area contributed by atoms with Crippen LogP contribution in [0.4, 0.5) is 10.7 Å². The van der Waals surface area contributed by atoms with Gasteiger partial charge < -0.3 is 10.4 Å². The Kier molecular flexibility index (Phi) is 6.52. The fraction of sp³-hybridized carbons (Fsp3) is 0.636. The lowest BCUT2D eigenvalue weighted by molar-refractivity contribution is -0.383. The molecular formula is C11H19N3O5S2. The summed E-state index contributed by atoms with van der Waals surface area (Å²) in [5.74, 6) is 0. The molecule has 0 amide bonds. The molecule has 0 unspecified atom stereocenters. The zero-order valence-electron chi connectivity index (χ0n) is 11.9. The van der Waals surface area contributed by atoms with Gasteiger partial charge in [0.25, 0.3) is 10.0 Å². The second-order valence-corrected chi connectivity index (χ2v) is 7.41. The van der Waals surface area contributed by atoms with Gasteiger partial charge in [-0.25, -0.2) is 8.42 Å². The van der Waals surface area contributed by atoms with E-state index in [4.69, 9.17) is 5.11 Å². The molecule has 10 heteroatoms. The summed E-state index contributed by atoms with van der Waals surface area (Å²) in [7, 11) is -3.83. The van der Waals surface area contributed by atoms with Crippen LogP contribution in [0.3, 0.4) is 0 Å². The molecule has 1 heterocycles. The zero-order valence-corrected chi connectivity index (χ0v) is 13.5. The summed E-state index contributed by atoms with van der Waals surface area (Å²) in [5, 5.41) is 23.0. The highest BCUT2D eigenvalue weighted by Gasteiger charge is 2.30. The van der Waals surface area contributed by atoms with Crippen molar-refractivity contribution in [3.8, 4) is 0 Å². The van der Waals surface area contributed by atoms with Gasteiger partial charge in [-0.2, -0.15) is 4.31 Å². The lowest BCUT2D eigenvalue weighted by atomic mass is 10.5. The summed E-state index contributed by atoms with van der Waals surface area (Å²) in [5.41, 5.74) is -0.249. The number of nitrogens with one attached hydrogen (secondary N) is 1. The number of aliphatic hydroxyl groups excluding tert-OH is 1. The molecule has 0 atom stereocenters. The molecule has 0 saturated carbocycles. The highest BCUT2D eigenvalue weighted by atomic mass is 32.2. The van der Waals surface area contributed by atoms with Crippen molar-refractivity contribution in [2.24, 2.45) is 0 Å². The predicted molar refractivity (Wildman–Crippen MR) is 81.3 cm³/mol. The van der Waals surface area contributed by atoms with Crippen LogP contribution in [0, 0.1) is 10.1 Å². The minimum Gasteiger partial charge on any atom is -0.395 e. The first-order chi connectivity index (χ1) is 9.88. The molecule has 0 aromatic carbocycles. The van der Waals surface area contributed by atoms with Crippen LogP contribution >= 0.6 is 11.3 Å². The highest BCUT2D eigenvalue weighted by Crippen LogP contribution is 2.38. The molecule has 1 aromatic heterocycles. The Hall–Kier alpha value is -1.23. The van der Waals surface area contributed by atoms with Crippen molar-refractivity contribution in [1.29, 1.82) is 0 Å². The zero-order chi connectivity index (χ0) is 16.0. The largest absolute Gasteiger partial charge is 0.395 e. The fourth-order valence-electron chi connectivity index (χ4n) is 1.75. The number of nitro groups is 1. The lowest BCUT2D eigenvalue weighted by Gasteiger charge is -2.19. The predicted octanol–water partition coefficient (Wildman–Crippen LogP) is 1.48. The second kappa shape index (κ2) is 7.69. The molecule has 0 bridgehead atoms. The molecule has 0 fully saturated rings. The van der Waals surface area contributed by atoms with Crippen LogP contribution in [0.2, 0.25) is 0 Å². The summed E-state index contributed by atoms with van der Waals surface area (Å²) in [6.45, 7) is 3.97. The molecule has 1 rings (SSSR count). The molecule has 0 saturated heterocycles. The van der Waals surface area contributed by atoms with Crippen molar-refractivity contribution in [2.75, 3.05) is 31.6 Å². The first-order valence-electron chi connectivity index (χ1n) is 6.51. The van der Waals surface area contributed by atoms with Gasteiger partial charge in [-0.3, -0.25) is 10.1 Å². The molecule has 0 aliphatic heterocycles. The van der Waals surface area contributed by atoms with E-state index in [0.717, 1.165) is 21.7 Å². The molecule has 0 aliphatic carbocycles. The third-order valence-electron chi connectivity index (χ3n) is 2.64. The lowest BCUT2D eigenvalue weighted by Crippen LogP contribution is -2.33. The van der Waals surface area contributed by atoms with Gasteiger partial charge in [0.15, 0.2) is 5.00 Å². The summed E-state index contributed by atoms with van der Waals surface area (Å²) < 4.78 is 26.0. The normalized spacial score (nSPS) is 11.8.